The van der Waals surface area contributed by atoms with E-state index in [0.29, 0.717) is 12.5 Å². The van der Waals surface area contributed by atoms with Crippen LogP contribution in [-0.2, 0) is 24.2 Å². The maximum absolute atomic E-state index is 12.7. The van der Waals surface area contributed by atoms with Gasteiger partial charge in [0.1, 0.15) is 6.54 Å². The average molecular weight is 349 g/mol. The van der Waals surface area contributed by atoms with Crippen molar-refractivity contribution in [2.24, 2.45) is 5.92 Å². The highest BCUT2D eigenvalue weighted by Crippen LogP contribution is 2.21. The van der Waals surface area contributed by atoms with Crippen LogP contribution in [0.15, 0.2) is 54.6 Å². The zero-order valence-corrected chi connectivity index (χ0v) is 15.5. The second kappa shape index (κ2) is 8.05. The Morgan fingerprint density at radius 1 is 0.962 bits per heavy atom. The zero-order valence-electron chi connectivity index (χ0n) is 15.5. The van der Waals surface area contributed by atoms with Crippen LogP contribution in [0.5, 0.6) is 0 Å². The SMILES string of the molecule is O=C(C[NH+]1CCc2ccccc2C1)N1CCC(Cc2ccccc2)CC1. The van der Waals surface area contributed by atoms with Crippen molar-refractivity contribution in [2.75, 3.05) is 26.2 Å². The normalized spacial score (nSPS) is 20.6. The predicted molar refractivity (Wildman–Crippen MR) is 104 cm³/mol. The van der Waals surface area contributed by atoms with Gasteiger partial charge in [0.25, 0.3) is 5.91 Å². The number of likely N-dealkylation sites (tertiary alicyclic amines) is 1. The van der Waals surface area contributed by atoms with E-state index >= 15 is 0 Å². The summed E-state index contributed by atoms with van der Waals surface area (Å²) in [7, 11) is 0. The van der Waals surface area contributed by atoms with Crippen LogP contribution in [0.2, 0.25) is 0 Å². The van der Waals surface area contributed by atoms with E-state index in [-0.39, 0.29) is 0 Å². The van der Waals surface area contributed by atoms with E-state index in [2.05, 4.69) is 59.5 Å². The Labute approximate surface area is 156 Å². The number of carbonyl (C=O) groups excluding carboxylic acids is 1. The van der Waals surface area contributed by atoms with Crippen LogP contribution in [0, 0.1) is 5.92 Å². The first kappa shape index (κ1) is 17.3. The molecule has 0 aromatic heterocycles. The van der Waals surface area contributed by atoms with Crippen LogP contribution >= 0.6 is 0 Å². The van der Waals surface area contributed by atoms with Crippen molar-refractivity contribution in [3.63, 3.8) is 0 Å². The summed E-state index contributed by atoms with van der Waals surface area (Å²) in [6, 6.07) is 19.4. The highest BCUT2D eigenvalue weighted by Gasteiger charge is 2.27. The first-order chi connectivity index (χ1) is 12.8. The number of nitrogens with one attached hydrogen (secondary N) is 1. The first-order valence-corrected chi connectivity index (χ1v) is 10.00. The Kier molecular flexibility index (Phi) is 5.35. The monoisotopic (exact) mass is 349 g/mol. The van der Waals surface area contributed by atoms with E-state index in [1.54, 1.807) is 0 Å². The fourth-order valence-corrected chi connectivity index (χ4v) is 4.45. The molecule has 1 fully saturated rings. The maximum Gasteiger partial charge on any atom is 0.277 e. The minimum atomic E-state index is 0.345. The van der Waals surface area contributed by atoms with Crippen LogP contribution in [0.4, 0.5) is 0 Å². The molecular weight excluding hydrogens is 320 g/mol. The molecule has 2 aromatic rings. The molecule has 0 radical (unpaired) electrons. The lowest BCUT2D eigenvalue weighted by Crippen LogP contribution is -3.12. The molecule has 0 aliphatic carbocycles. The summed E-state index contributed by atoms with van der Waals surface area (Å²) >= 11 is 0. The predicted octanol–water partition coefficient (Wildman–Crippen LogP) is 2.11. The molecule has 2 aliphatic rings. The Morgan fingerprint density at radius 2 is 1.65 bits per heavy atom. The number of amides is 1. The van der Waals surface area contributed by atoms with E-state index < -0.39 is 0 Å². The smallest absolute Gasteiger partial charge is 0.277 e. The summed E-state index contributed by atoms with van der Waals surface area (Å²) in [6.07, 6.45) is 4.52. The molecule has 2 aliphatic heterocycles. The Bertz CT molecular complexity index is 735. The molecule has 2 aromatic carbocycles. The minimum absolute atomic E-state index is 0.345. The second-order valence-corrected chi connectivity index (χ2v) is 7.89. The molecule has 2 heterocycles. The number of hydrogen-bond donors (Lipinski definition) is 1. The third-order valence-corrected chi connectivity index (χ3v) is 6.04. The number of quaternary nitrogens is 1. The fourth-order valence-electron chi connectivity index (χ4n) is 4.45. The summed E-state index contributed by atoms with van der Waals surface area (Å²) < 4.78 is 0. The number of benzene rings is 2. The summed E-state index contributed by atoms with van der Waals surface area (Å²) in [5.41, 5.74) is 4.31. The molecule has 1 N–H and O–H groups in total. The quantitative estimate of drug-likeness (QED) is 0.898. The summed E-state index contributed by atoms with van der Waals surface area (Å²) in [6.45, 7) is 4.58. The van der Waals surface area contributed by atoms with E-state index in [1.807, 2.05) is 0 Å². The molecule has 1 saturated heterocycles. The van der Waals surface area contributed by atoms with Gasteiger partial charge in [-0.15, -0.1) is 0 Å². The number of nitrogens with zero attached hydrogens (tertiary/aromatic N) is 1. The molecule has 0 spiro atoms. The van der Waals surface area contributed by atoms with Crippen LogP contribution in [0.25, 0.3) is 0 Å². The van der Waals surface area contributed by atoms with Gasteiger partial charge in [-0.3, -0.25) is 4.79 Å². The number of carbonyl (C=O) groups is 1. The molecule has 1 atom stereocenters. The van der Waals surface area contributed by atoms with Crippen LogP contribution in [-0.4, -0.2) is 37.0 Å². The van der Waals surface area contributed by atoms with E-state index in [9.17, 15) is 4.79 Å². The molecule has 136 valence electrons. The van der Waals surface area contributed by atoms with Gasteiger partial charge in [-0.25, -0.2) is 0 Å². The molecule has 1 amide bonds. The molecular formula is C23H29N2O+. The lowest BCUT2D eigenvalue weighted by molar-refractivity contribution is -0.908. The van der Waals surface area contributed by atoms with Crippen molar-refractivity contribution >= 4 is 5.91 Å². The minimum Gasteiger partial charge on any atom is -0.338 e. The molecule has 1 unspecified atom stereocenters. The largest absolute Gasteiger partial charge is 0.338 e. The molecule has 0 bridgehead atoms. The van der Waals surface area contributed by atoms with Gasteiger partial charge in [0.05, 0.1) is 6.54 Å². The van der Waals surface area contributed by atoms with Gasteiger partial charge < -0.3 is 9.80 Å². The molecule has 3 heteroatoms. The Hall–Kier alpha value is -2.13. The van der Waals surface area contributed by atoms with Crippen molar-refractivity contribution < 1.29 is 9.69 Å². The van der Waals surface area contributed by atoms with Gasteiger partial charge in [0, 0.05) is 25.1 Å². The highest BCUT2D eigenvalue weighted by molar-refractivity contribution is 5.77. The first-order valence-electron chi connectivity index (χ1n) is 10.00. The third-order valence-electron chi connectivity index (χ3n) is 6.04. The van der Waals surface area contributed by atoms with E-state index in [0.717, 1.165) is 57.8 Å². The van der Waals surface area contributed by atoms with Crippen LogP contribution in [0.3, 0.4) is 0 Å². The molecule has 4 rings (SSSR count). The molecule has 26 heavy (non-hydrogen) atoms. The topological polar surface area (TPSA) is 24.8 Å². The number of hydrogen-bond acceptors (Lipinski definition) is 1. The summed E-state index contributed by atoms with van der Waals surface area (Å²) in [4.78, 5) is 16.3. The van der Waals surface area contributed by atoms with Gasteiger partial charge in [-0.2, -0.15) is 0 Å². The van der Waals surface area contributed by atoms with Crippen LogP contribution < -0.4 is 4.90 Å². The van der Waals surface area contributed by atoms with Gasteiger partial charge in [0.15, 0.2) is 6.54 Å². The highest BCUT2D eigenvalue weighted by atomic mass is 16.2. The second-order valence-electron chi connectivity index (χ2n) is 7.89. The van der Waals surface area contributed by atoms with E-state index in [1.165, 1.54) is 21.6 Å². The van der Waals surface area contributed by atoms with Crippen molar-refractivity contribution in [3.05, 3.63) is 71.3 Å². The Morgan fingerprint density at radius 3 is 2.42 bits per heavy atom. The van der Waals surface area contributed by atoms with Crippen molar-refractivity contribution in [2.45, 2.75) is 32.2 Å². The van der Waals surface area contributed by atoms with Crippen molar-refractivity contribution in [1.82, 2.24) is 4.90 Å². The lowest BCUT2D eigenvalue weighted by Gasteiger charge is -2.33. The van der Waals surface area contributed by atoms with Gasteiger partial charge >= 0.3 is 0 Å². The number of rotatable bonds is 4. The van der Waals surface area contributed by atoms with Gasteiger partial charge in [0.2, 0.25) is 0 Å². The number of piperidine rings is 1. The molecule has 0 saturated carbocycles. The number of fused-ring (bicyclic) bond motifs is 1. The average Bonchev–Trinajstić information content (AvgIpc) is 2.69. The van der Waals surface area contributed by atoms with Crippen molar-refractivity contribution in [3.8, 4) is 0 Å². The third kappa shape index (κ3) is 4.16. The summed E-state index contributed by atoms with van der Waals surface area (Å²) in [5.74, 6) is 1.06. The molecule has 3 nitrogen and oxygen atoms in total. The van der Waals surface area contributed by atoms with E-state index in [4.69, 9.17) is 0 Å². The van der Waals surface area contributed by atoms with Gasteiger partial charge in [-0.05, 0) is 36.3 Å². The van der Waals surface area contributed by atoms with Crippen LogP contribution in [0.1, 0.15) is 29.5 Å². The Balaban J connectivity index is 1.25. The summed E-state index contributed by atoms with van der Waals surface area (Å²) in [5, 5.41) is 0. The van der Waals surface area contributed by atoms with Crippen molar-refractivity contribution in [1.29, 1.82) is 0 Å². The zero-order chi connectivity index (χ0) is 17.8. The lowest BCUT2D eigenvalue weighted by atomic mass is 9.90. The maximum atomic E-state index is 12.7. The standard InChI is InChI=1S/C23H28N2O/c26-23(18-24-13-12-21-8-4-5-9-22(21)17-24)25-14-10-20(11-15-25)16-19-6-2-1-3-7-19/h1-9,20H,10-18H2/p+1. The fraction of sp³-hybridized carbons (Fsp3) is 0.435. The van der Waals surface area contributed by atoms with Gasteiger partial charge in [-0.1, -0.05) is 54.6 Å².